The molecule has 0 aliphatic heterocycles. The van der Waals surface area contributed by atoms with Gasteiger partial charge in [0.15, 0.2) is 23.1 Å². The Kier molecular flexibility index (Phi) is 9.29. The topological polar surface area (TPSA) is 115 Å². The van der Waals surface area contributed by atoms with Gasteiger partial charge in [0.1, 0.15) is 23.7 Å². The fourth-order valence-corrected chi connectivity index (χ4v) is 5.51. The highest BCUT2D eigenvalue weighted by molar-refractivity contribution is 7.18. The Morgan fingerprint density at radius 1 is 0.974 bits per heavy atom. The van der Waals surface area contributed by atoms with Gasteiger partial charge in [-0.1, -0.05) is 18.2 Å². The molecule has 0 saturated heterocycles. The van der Waals surface area contributed by atoms with Gasteiger partial charge in [0.05, 0.1) is 20.8 Å². The van der Waals surface area contributed by atoms with Crippen LogP contribution in [0.15, 0.2) is 53.9 Å². The van der Waals surface area contributed by atoms with Crippen LogP contribution >= 0.6 is 11.3 Å². The van der Waals surface area contributed by atoms with Gasteiger partial charge in [0, 0.05) is 45.5 Å². The Bertz CT molecular complexity index is 1480. The first kappa shape index (κ1) is 28.2. The van der Waals surface area contributed by atoms with Crippen LogP contribution in [0.3, 0.4) is 0 Å². The standard InChI is InChI=1S/C30H31NO7S/c1-18-5-4-6-21-22(17-39-30(18)21)28-26(36-2)10-8-23(31-28)29(35)20(11-12-32)15-24(34)19-7-9-25(38-14-13-33)27(16-19)37-3/h4-10,16-17,20,32-33H,11-15H2,1-3H3. The number of fused-ring (bicyclic) bond motifs is 1. The summed E-state index contributed by atoms with van der Waals surface area (Å²) < 4.78 is 17.5. The number of benzene rings is 2. The Balaban J connectivity index is 1.63. The first-order valence-corrected chi connectivity index (χ1v) is 13.4. The third-order valence-corrected chi connectivity index (χ3v) is 7.63. The van der Waals surface area contributed by atoms with Gasteiger partial charge in [0.2, 0.25) is 0 Å². The van der Waals surface area contributed by atoms with Crippen LogP contribution in [-0.2, 0) is 0 Å². The maximum atomic E-state index is 13.6. The van der Waals surface area contributed by atoms with E-state index >= 15 is 0 Å². The fraction of sp³-hybridized carbons (Fsp3) is 0.300. The molecule has 0 aliphatic carbocycles. The van der Waals surface area contributed by atoms with Gasteiger partial charge >= 0.3 is 0 Å². The van der Waals surface area contributed by atoms with Gasteiger partial charge in [-0.25, -0.2) is 4.98 Å². The van der Waals surface area contributed by atoms with Crippen molar-refractivity contribution in [2.75, 3.05) is 34.0 Å². The Labute approximate surface area is 230 Å². The lowest BCUT2D eigenvalue weighted by atomic mass is 9.90. The van der Waals surface area contributed by atoms with Crippen LogP contribution in [0.2, 0.25) is 0 Å². The van der Waals surface area contributed by atoms with Crippen LogP contribution in [0.1, 0.15) is 39.3 Å². The van der Waals surface area contributed by atoms with Crippen molar-refractivity contribution in [2.24, 2.45) is 5.92 Å². The van der Waals surface area contributed by atoms with E-state index in [9.17, 15) is 14.7 Å². The molecule has 2 aromatic heterocycles. The summed E-state index contributed by atoms with van der Waals surface area (Å²) in [5, 5.41) is 21.7. The molecule has 4 aromatic rings. The number of ketones is 2. The molecule has 0 amide bonds. The zero-order valence-electron chi connectivity index (χ0n) is 22.1. The quantitative estimate of drug-likeness (QED) is 0.221. The molecule has 4 rings (SSSR count). The van der Waals surface area contributed by atoms with E-state index in [2.05, 4.69) is 13.0 Å². The minimum absolute atomic E-state index is 0.0916. The molecule has 39 heavy (non-hydrogen) atoms. The van der Waals surface area contributed by atoms with Crippen LogP contribution < -0.4 is 14.2 Å². The molecule has 1 unspecified atom stereocenters. The summed E-state index contributed by atoms with van der Waals surface area (Å²) in [6.45, 7) is 1.74. The molecule has 0 aliphatic rings. The van der Waals surface area contributed by atoms with Crippen molar-refractivity contribution in [1.82, 2.24) is 4.98 Å². The summed E-state index contributed by atoms with van der Waals surface area (Å²) in [5.41, 5.74) is 3.13. The molecule has 8 nitrogen and oxygen atoms in total. The van der Waals surface area contributed by atoms with E-state index in [0.29, 0.717) is 28.5 Å². The van der Waals surface area contributed by atoms with Gasteiger partial charge in [-0.2, -0.15) is 0 Å². The Morgan fingerprint density at radius 3 is 2.46 bits per heavy atom. The van der Waals surface area contributed by atoms with Crippen molar-refractivity contribution < 1.29 is 34.0 Å². The van der Waals surface area contributed by atoms with Crippen molar-refractivity contribution in [1.29, 1.82) is 0 Å². The molecular weight excluding hydrogens is 518 g/mol. The van der Waals surface area contributed by atoms with Crippen molar-refractivity contribution >= 4 is 33.0 Å². The number of Topliss-reactive ketones (excluding diaryl/α,β-unsaturated/α-hetero) is 2. The molecule has 0 radical (unpaired) electrons. The molecular formula is C30H31NO7S. The summed E-state index contributed by atoms with van der Waals surface area (Å²) in [5.74, 6) is -0.0860. The van der Waals surface area contributed by atoms with E-state index in [4.69, 9.17) is 24.3 Å². The number of aromatic nitrogens is 1. The number of aliphatic hydroxyl groups excluding tert-OH is 2. The SMILES string of the molecule is COc1cc(C(=O)CC(CCO)C(=O)c2ccc(OC)c(-c3csc4c(C)cccc34)n2)ccc1OCCO. The maximum absolute atomic E-state index is 13.6. The summed E-state index contributed by atoms with van der Waals surface area (Å²) in [4.78, 5) is 31.5. The predicted molar refractivity (Wildman–Crippen MR) is 150 cm³/mol. The van der Waals surface area contributed by atoms with E-state index in [1.807, 2.05) is 17.5 Å². The fourth-order valence-electron chi connectivity index (χ4n) is 4.48. The van der Waals surface area contributed by atoms with E-state index < -0.39 is 5.92 Å². The van der Waals surface area contributed by atoms with Gasteiger partial charge in [0.25, 0.3) is 0 Å². The average Bonchev–Trinajstić information content (AvgIpc) is 3.40. The molecule has 9 heteroatoms. The number of ether oxygens (including phenoxy) is 3. The van der Waals surface area contributed by atoms with Crippen molar-refractivity contribution in [3.05, 3.63) is 70.7 Å². The smallest absolute Gasteiger partial charge is 0.184 e. The monoisotopic (exact) mass is 549 g/mol. The van der Waals surface area contributed by atoms with Gasteiger partial charge in [-0.05, 0) is 49.2 Å². The molecule has 0 saturated carbocycles. The van der Waals surface area contributed by atoms with Gasteiger partial charge in [-0.15, -0.1) is 11.3 Å². The van der Waals surface area contributed by atoms with Crippen LogP contribution in [0.5, 0.6) is 17.2 Å². The number of thiophene rings is 1. The first-order valence-electron chi connectivity index (χ1n) is 12.5. The second kappa shape index (κ2) is 12.8. The number of hydrogen-bond donors (Lipinski definition) is 2. The van der Waals surface area contributed by atoms with E-state index in [1.165, 1.54) is 7.11 Å². The largest absolute Gasteiger partial charge is 0.494 e. The van der Waals surface area contributed by atoms with Crippen LogP contribution in [0.25, 0.3) is 21.3 Å². The maximum Gasteiger partial charge on any atom is 0.184 e. The normalized spacial score (nSPS) is 11.8. The highest BCUT2D eigenvalue weighted by atomic mass is 32.1. The molecule has 2 N–H and O–H groups in total. The molecule has 0 spiro atoms. The zero-order valence-corrected chi connectivity index (χ0v) is 22.9. The summed E-state index contributed by atoms with van der Waals surface area (Å²) in [7, 11) is 3.02. The highest BCUT2D eigenvalue weighted by Gasteiger charge is 2.26. The molecule has 0 fully saturated rings. The zero-order chi connectivity index (χ0) is 27.9. The van der Waals surface area contributed by atoms with Crippen LogP contribution in [0.4, 0.5) is 0 Å². The number of carbonyl (C=O) groups excluding carboxylic acids is 2. The van der Waals surface area contributed by atoms with Crippen molar-refractivity contribution in [3.63, 3.8) is 0 Å². The van der Waals surface area contributed by atoms with Gasteiger partial charge < -0.3 is 24.4 Å². The lowest BCUT2D eigenvalue weighted by Crippen LogP contribution is -2.21. The number of pyridine rings is 1. The van der Waals surface area contributed by atoms with Crippen molar-refractivity contribution in [3.8, 4) is 28.5 Å². The number of methoxy groups -OCH3 is 2. The molecule has 1 atom stereocenters. The average molecular weight is 550 g/mol. The third kappa shape index (κ3) is 6.11. The number of aryl methyl sites for hydroxylation is 1. The molecule has 0 bridgehead atoms. The number of nitrogens with zero attached hydrogens (tertiary/aromatic N) is 1. The lowest BCUT2D eigenvalue weighted by Gasteiger charge is -2.16. The van der Waals surface area contributed by atoms with E-state index in [0.717, 1.165) is 21.2 Å². The van der Waals surface area contributed by atoms with Crippen LogP contribution in [-0.4, -0.2) is 60.8 Å². The first-order chi connectivity index (χ1) is 18.9. The number of aliphatic hydroxyl groups is 2. The minimum atomic E-state index is -0.769. The van der Waals surface area contributed by atoms with E-state index in [1.54, 1.807) is 48.8 Å². The molecule has 2 aromatic carbocycles. The highest BCUT2D eigenvalue weighted by Crippen LogP contribution is 2.39. The molecule has 204 valence electrons. The Hall–Kier alpha value is -3.79. The Morgan fingerprint density at radius 2 is 1.74 bits per heavy atom. The summed E-state index contributed by atoms with van der Waals surface area (Å²) in [6.07, 6.45) is 0.00598. The summed E-state index contributed by atoms with van der Waals surface area (Å²) >= 11 is 1.61. The lowest BCUT2D eigenvalue weighted by molar-refractivity contribution is 0.0824. The second-order valence-electron chi connectivity index (χ2n) is 8.99. The van der Waals surface area contributed by atoms with Crippen molar-refractivity contribution in [2.45, 2.75) is 19.8 Å². The van der Waals surface area contributed by atoms with Gasteiger partial charge in [-0.3, -0.25) is 9.59 Å². The number of carbonyl (C=O) groups is 2. The number of rotatable bonds is 13. The molecule has 2 heterocycles. The van der Waals surface area contributed by atoms with E-state index in [-0.39, 0.29) is 49.9 Å². The third-order valence-electron chi connectivity index (χ3n) is 6.50. The minimum Gasteiger partial charge on any atom is -0.494 e. The predicted octanol–water partition coefficient (Wildman–Crippen LogP) is 5.11. The second-order valence-corrected chi connectivity index (χ2v) is 9.87. The van der Waals surface area contributed by atoms with Crippen LogP contribution in [0, 0.1) is 12.8 Å². The summed E-state index contributed by atoms with van der Waals surface area (Å²) in [6, 6.07) is 14.1. The number of hydrogen-bond acceptors (Lipinski definition) is 9.